The minimum absolute atomic E-state index is 0.0296. The number of carbonyl (C=O) groups excluding carboxylic acids is 2. The predicted molar refractivity (Wildman–Crippen MR) is 137 cm³/mol. The molecule has 7 nitrogen and oxygen atoms in total. The van der Waals surface area contributed by atoms with Gasteiger partial charge in [0.15, 0.2) is 0 Å². The lowest BCUT2D eigenvalue weighted by Crippen LogP contribution is -2.47. The number of benzene rings is 2. The van der Waals surface area contributed by atoms with Crippen molar-refractivity contribution >= 4 is 22.7 Å². The van der Waals surface area contributed by atoms with Gasteiger partial charge >= 0.3 is 0 Å². The minimum Gasteiger partial charge on any atom is -0.493 e. The Bertz CT molecular complexity index is 1290. The average molecular weight is 494 g/mol. The Hall–Kier alpha value is -3.83. The number of hydrogen-bond donors (Lipinski definition) is 4. The number of H-pyrrole nitrogens is 1. The van der Waals surface area contributed by atoms with E-state index in [0.29, 0.717) is 48.1 Å². The second-order valence-corrected chi connectivity index (χ2v) is 8.80. The third kappa shape index (κ3) is 7.33. The number of amides is 2. The third-order valence-corrected chi connectivity index (χ3v) is 5.55. The van der Waals surface area contributed by atoms with E-state index in [-0.39, 0.29) is 23.7 Å². The maximum Gasteiger partial charge on any atom is 0.257 e. The van der Waals surface area contributed by atoms with E-state index in [1.165, 1.54) is 19.1 Å². The van der Waals surface area contributed by atoms with Crippen LogP contribution in [-0.2, 0) is 11.2 Å². The third-order valence-electron chi connectivity index (χ3n) is 5.55. The molecule has 2 aromatic carbocycles. The zero-order chi connectivity index (χ0) is 26.1. The smallest absolute Gasteiger partial charge is 0.257 e. The standard InChI is InChI=1S/C28H32FN3O4/c1-4-14-36-25-13-10-19(8-6-5-7-9-26(33)30-3)15-23(25)27(34)32-28(2,35)17-20-18-31-24-12-11-21(29)16-22(20)24/h10-13,15-16,18,31,35H,4-5,7,9,14,17H2,1-3H3,(H,30,33)(H,32,34). The van der Waals surface area contributed by atoms with Gasteiger partial charge in [0.05, 0.1) is 12.2 Å². The normalized spacial score (nSPS) is 12.4. The second kappa shape index (κ2) is 12.2. The van der Waals surface area contributed by atoms with E-state index in [4.69, 9.17) is 4.74 Å². The van der Waals surface area contributed by atoms with Crippen molar-refractivity contribution in [1.29, 1.82) is 0 Å². The van der Waals surface area contributed by atoms with E-state index >= 15 is 0 Å². The Kier molecular flexibility index (Phi) is 9.09. The summed E-state index contributed by atoms with van der Waals surface area (Å²) in [6, 6.07) is 9.47. The average Bonchev–Trinajstić information content (AvgIpc) is 3.23. The van der Waals surface area contributed by atoms with Crippen molar-refractivity contribution in [2.45, 2.75) is 51.7 Å². The van der Waals surface area contributed by atoms with E-state index in [1.54, 1.807) is 37.5 Å². The van der Waals surface area contributed by atoms with Crippen LogP contribution in [0.15, 0.2) is 42.6 Å². The molecule has 0 saturated carbocycles. The van der Waals surface area contributed by atoms with Crippen molar-refractivity contribution in [3.05, 3.63) is 65.1 Å². The topological polar surface area (TPSA) is 103 Å². The highest BCUT2D eigenvalue weighted by molar-refractivity contribution is 5.97. The van der Waals surface area contributed by atoms with Crippen molar-refractivity contribution in [2.24, 2.45) is 0 Å². The first-order valence-corrected chi connectivity index (χ1v) is 12.0. The van der Waals surface area contributed by atoms with Gasteiger partial charge < -0.3 is 25.5 Å². The number of hydrogen-bond acceptors (Lipinski definition) is 4. The molecule has 0 aliphatic heterocycles. The molecule has 3 rings (SSSR count). The number of unbranched alkanes of at least 4 members (excludes halogenated alkanes) is 1. The lowest BCUT2D eigenvalue weighted by atomic mass is 10.0. The number of aromatic amines is 1. The monoisotopic (exact) mass is 493 g/mol. The summed E-state index contributed by atoms with van der Waals surface area (Å²) in [7, 11) is 1.60. The SMILES string of the molecule is CCCOc1ccc(C#CCCCC(=O)NC)cc1C(=O)NC(C)(O)Cc1c[nH]c2ccc(F)cc12. The van der Waals surface area contributed by atoms with Crippen molar-refractivity contribution in [3.63, 3.8) is 0 Å². The molecular formula is C28H32FN3O4. The van der Waals surface area contributed by atoms with Crippen LogP contribution in [-0.4, -0.2) is 41.3 Å². The van der Waals surface area contributed by atoms with Crippen LogP contribution in [0, 0.1) is 17.7 Å². The zero-order valence-corrected chi connectivity index (χ0v) is 20.8. The minimum atomic E-state index is -1.61. The molecule has 1 heterocycles. The van der Waals surface area contributed by atoms with E-state index in [0.717, 1.165) is 11.9 Å². The van der Waals surface area contributed by atoms with Gasteiger partial charge in [0, 0.05) is 49.0 Å². The maximum atomic E-state index is 13.7. The van der Waals surface area contributed by atoms with Crippen LogP contribution in [0.3, 0.4) is 0 Å². The summed E-state index contributed by atoms with van der Waals surface area (Å²) in [6.45, 7) is 3.89. The van der Waals surface area contributed by atoms with Crippen LogP contribution in [0.5, 0.6) is 5.75 Å². The summed E-state index contributed by atoms with van der Waals surface area (Å²) in [5.41, 5.74) is 0.683. The second-order valence-electron chi connectivity index (χ2n) is 8.80. The number of ether oxygens (including phenoxy) is 1. The highest BCUT2D eigenvalue weighted by Crippen LogP contribution is 2.25. The number of nitrogens with one attached hydrogen (secondary N) is 3. The van der Waals surface area contributed by atoms with Gasteiger partial charge in [-0.1, -0.05) is 18.8 Å². The molecular weight excluding hydrogens is 461 g/mol. The summed E-state index contributed by atoms with van der Waals surface area (Å²) in [5.74, 6) is 5.52. The fourth-order valence-corrected chi connectivity index (χ4v) is 3.77. The molecule has 190 valence electrons. The summed E-state index contributed by atoms with van der Waals surface area (Å²) >= 11 is 0. The fraction of sp³-hybridized carbons (Fsp3) is 0.357. The molecule has 0 spiro atoms. The Labute approximate surface area is 210 Å². The van der Waals surface area contributed by atoms with Crippen LogP contribution in [0.1, 0.15) is 61.0 Å². The summed E-state index contributed by atoms with van der Waals surface area (Å²) in [6.07, 6.45) is 4.11. The first-order chi connectivity index (χ1) is 17.2. The van der Waals surface area contributed by atoms with E-state index in [1.807, 2.05) is 6.92 Å². The maximum absolute atomic E-state index is 13.7. The molecule has 0 saturated heterocycles. The summed E-state index contributed by atoms with van der Waals surface area (Å²) < 4.78 is 19.5. The van der Waals surface area contributed by atoms with Crippen molar-refractivity contribution in [2.75, 3.05) is 13.7 Å². The molecule has 0 aliphatic rings. The number of halogens is 1. The number of rotatable bonds is 10. The van der Waals surface area contributed by atoms with Gasteiger partial charge in [-0.25, -0.2) is 4.39 Å². The van der Waals surface area contributed by atoms with Crippen molar-refractivity contribution in [3.8, 4) is 17.6 Å². The molecule has 0 fully saturated rings. The quantitative estimate of drug-likeness (QED) is 0.194. The Morgan fingerprint density at radius 2 is 2.03 bits per heavy atom. The van der Waals surface area contributed by atoms with Crippen LogP contribution in [0.25, 0.3) is 10.9 Å². The lowest BCUT2D eigenvalue weighted by Gasteiger charge is -2.25. The van der Waals surface area contributed by atoms with Crippen molar-refractivity contribution < 1.29 is 23.8 Å². The number of aliphatic hydroxyl groups is 1. The van der Waals surface area contributed by atoms with Gasteiger partial charge in [0.1, 0.15) is 17.3 Å². The first kappa shape index (κ1) is 26.8. The Balaban J connectivity index is 1.76. The van der Waals surface area contributed by atoms with Gasteiger partial charge in [0.25, 0.3) is 5.91 Å². The number of aromatic nitrogens is 1. The molecule has 1 aromatic heterocycles. The van der Waals surface area contributed by atoms with Crippen LogP contribution in [0.4, 0.5) is 4.39 Å². The lowest BCUT2D eigenvalue weighted by molar-refractivity contribution is -0.120. The largest absolute Gasteiger partial charge is 0.493 e. The molecule has 4 N–H and O–H groups in total. The molecule has 1 atom stereocenters. The van der Waals surface area contributed by atoms with Gasteiger partial charge in [-0.15, -0.1) is 0 Å². The van der Waals surface area contributed by atoms with E-state index in [9.17, 15) is 19.1 Å². The Morgan fingerprint density at radius 3 is 2.78 bits per heavy atom. The highest BCUT2D eigenvalue weighted by Gasteiger charge is 2.27. The summed E-state index contributed by atoms with van der Waals surface area (Å²) in [5, 5.41) is 16.9. The van der Waals surface area contributed by atoms with Gasteiger partial charge in [0.2, 0.25) is 5.91 Å². The van der Waals surface area contributed by atoms with Crippen LogP contribution in [0.2, 0.25) is 0 Å². The van der Waals surface area contributed by atoms with E-state index in [2.05, 4.69) is 27.5 Å². The molecule has 0 bridgehead atoms. The number of fused-ring (bicyclic) bond motifs is 1. The summed E-state index contributed by atoms with van der Waals surface area (Å²) in [4.78, 5) is 27.6. The zero-order valence-electron chi connectivity index (χ0n) is 20.8. The highest BCUT2D eigenvalue weighted by atomic mass is 19.1. The molecule has 8 heteroatoms. The van der Waals surface area contributed by atoms with Gasteiger partial charge in [-0.3, -0.25) is 9.59 Å². The van der Waals surface area contributed by atoms with Crippen molar-refractivity contribution in [1.82, 2.24) is 15.6 Å². The molecule has 1 unspecified atom stereocenters. The van der Waals surface area contributed by atoms with Gasteiger partial charge in [-0.05, 0) is 61.7 Å². The van der Waals surface area contributed by atoms with E-state index < -0.39 is 11.6 Å². The van der Waals surface area contributed by atoms with Crippen LogP contribution < -0.4 is 15.4 Å². The molecule has 3 aromatic rings. The molecule has 0 radical (unpaired) electrons. The molecule has 2 amide bonds. The molecule has 0 aliphatic carbocycles. The molecule has 36 heavy (non-hydrogen) atoms. The first-order valence-electron chi connectivity index (χ1n) is 12.0. The Morgan fingerprint density at radius 1 is 1.22 bits per heavy atom. The van der Waals surface area contributed by atoms with Crippen LogP contribution >= 0.6 is 0 Å². The fourth-order valence-electron chi connectivity index (χ4n) is 3.77. The van der Waals surface area contributed by atoms with Gasteiger partial charge in [-0.2, -0.15) is 0 Å². The predicted octanol–water partition coefficient (Wildman–Crippen LogP) is 4.04. The number of carbonyl (C=O) groups is 2.